The number of carbonyl (C=O) groups excluding carboxylic acids is 1. The Labute approximate surface area is 67.1 Å². The SMILES string of the molecule is CC.CC1CSN(C)C1=O. The van der Waals surface area contributed by atoms with Crippen LogP contribution in [0.1, 0.15) is 20.8 Å². The van der Waals surface area contributed by atoms with Gasteiger partial charge < -0.3 is 0 Å². The normalized spacial score (nSPS) is 24.2. The van der Waals surface area contributed by atoms with Crippen molar-refractivity contribution in [2.24, 2.45) is 5.92 Å². The fourth-order valence-electron chi connectivity index (χ4n) is 0.669. The zero-order chi connectivity index (χ0) is 8.15. The highest BCUT2D eigenvalue weighted by atomic mass is 32.2. The highest BCUT2D eigenvalue weighted by Crippen LogP contribution is 2.23. The van der Waals surface area contributed by atoms with Crippen LogP contribution in [0, 0.1) is 5.92 Å². The Kier molecular flexibility index (Phi) is 4.52. The second-order valence-electron chi connectivity index (χ2n) is 2.03. The van der Waals surface area contributed by atoms with Crippen LogP contribution in [0.2, 0.25) is 0 Å². The molecule has 0 aliphatic carbocycles. The second kappa shape index (κ2) is 4.61. The third-order valence-electron chi connectivity index (χ3n) is 1.25. The van der Waals surface area contributed by atoms with Gasteiger partial charge in [0.05, 0.1) is 0 Å². The van der Waals surface area contributed by atoms with Gasteiger partial charge in [-0.1, -0.05) is 20.8 Å². The lowest BCUT2D eigenvalue weighted by Gasteiger charge is -2.03. The molecule has 0 N–H and O–H groups in total. The van der Waals surface area contributed by atoms with Crippen molar-refractivity contribution >= 4 is 17.9 Å². The van der Waals surface area contributed by atoms with Gasteiger partial charge in [-0.2, -0.15) is 0 Å². The summed E-state index contributed by atoms with van der Waals surface area (Å²) in [4.78, 5) is 10.8. The highest BCUT2D eigenvalue weighted by molar-refractivity contribution is 7.97. The van der Waals surface area contributed by atoms with Gasteiger partial charge in [-0.05, 0) is 11.9 Å². The largest absolute Gasteiger partial charge is 0.289 e. The average Bonchev–Trinajstić information content (AvgIpc) is 2.25. The van der Waals surface area contributed by atoms with Crippen molar-refractivity contribution in [3.63, 3.8) is 0 Å². The van der Waals surface area contributed by atoms with E-state index in [-0.39, 0.29) is 11.8 Å². The van der Waals surface area contributed by atoms with Crippen molar-refractivity contribution in [2.75, 3.05) is 12.8 Å². The summed E-state index contributed by atoms with van der Waals surface area (Å²) in [5.74, 6) is 1.45. The van der Waals surface area contributed by atoms with Gasteiger partial charge in [0.2, 0.25) is 5.91 Å². The lowest BCUT2D eigenvalue weighted by Crippen LogP contribution is -2.17. The summed E-state index contributed by atoms with van der Waals surface area (Å²) in [5, 5.41) is 0. The molecule has 0 spiro atoms. The lowest BCUT2D eigenvalue weighted by molar-refractivity contribution is -0.127. The van der Waals surface area contributed by atoms with Gasteiger partial charge in [-0.15, -0.1) is 0 Å². The van der Waals surface area contributed by atoms with Gasteiger partial charge >= 0.3 is 0 Å². The van der Waals surface area contributed by atoms with Crippen LogP contribution in [0.3, 0.4) is 0 Å². The van der Waals surface area contributed by atoms with Gasteiger partial charge in [0.1, 0.15) is 0 Å². The number of hydrogen-bond donors (Lipinski definition) is 0. The number of carbonyl (C=O) groups is 1. The zero-order valence-electron chi connectivity index (χ0n) is 7.05. The Bertz CT molecular complexity index is 104. The molecule has 0 saturated carbocycles. The topological polar surface area (TPSA) is 20.3 Å². The van der Waals surface area contributed by atoms with Crippen LogP contribution in [-0.4, -0.2) is 23.0 Å². The van der Waals surface area contributed by atoms with Crippen molar-refractivity contribution in [1.29, 1.82) is 0 Å². The van der Waals surface area contributed by atoms with Crippen molar-refractivity contribution in [2.45, 2.75) is 20.8 Å². The first-order chi connectivity index (χ1) is 4.72. The van der Waals surface area contributed by atoms with Gasteiger partial charge in [-0.25, -0.2) is 0 Å². The molecular formula is C7H15NOS. The van der Waals surface area contributed by atoms with Crippen molar-refractivity contribution in [3.05, 3.63) is 0 Å². The van der Waals surface area contributed by atoms with Crippen LogP contribution in [0.4, 0.5) is 0 Å². The van der Waals surface area contributed by atoms with Gasteiger partial charge in [0.25, 0.3) is 0 Å². The molecule has 10 heavy (non-hydrogen) atoms. The highest BCUT2D eigenvalue weighted by Gasteiger charge is 2.25. The predicted molar refractivity (Wildman–Crippen MR) is 45.7 cm³/mol. The van der Waals surface area contributed by atoms with Crippen LogP contribution in [0.25, 0.3) is 0 Å². The minimum atomic E-state index is 0.241. The summed E-state index contributed by atoms with van der Waals surface area (Å²) in [6.45, 7) is 5.96. The molecule has 1 rings (SSSR count). The summed E-state index contributed by atoms with van der Waals surface area (Å²) in [7, 11) is 1.82. The van der Waals surface area contributed by atoms with E-state index in [4.69, 9.17) is 0 Å². The Hall–Kier alpha value is -0.180. The summed E-state index contributed by atoms with van der Waals surface area (Å²) in [6, 6.07) is 0. The van der Waals surface area contributed by atoms with E-state index in [1.54, 1.807) is 16.3 Å². The molecule has 1 heterocycles. The molecule has 1 atom stereocenters. The zero-order valence-corrected chi connectivity index (χ0v) is 7.86. The summed E-state index contributed by atoms with van der Waals surface area (Å²) in [6.07, 6.45) is 0. The molecule has 60 valence electrons. The molecule has 0 bridgehead atoms. The number of hydrogen-bond acceptors (Lipinski definition) is 2. The lowest BCUT2D eigenvalue weighted by atomic mass is 10.2. The third-order valence-corrected chi connectivity index (χ3v) is 2.47. The molecule has 1 saturated heterocycles. The fraction of sp³-hybridized carbons (Fsp3) is 0.857. The van der Waals surface area contributed by atoms with Crippen LogP contribution in [0.5, 0.6) is 0 Å². The first-order valence-electron chi connectivity index (χ1n) is 3.62. The summed E-state index contributed by atoms with van der Waals surface area (Å²) < 4.78 is 1.70. The number of nitrogens with zero attached hydrogens (tertiary/aromatic N) is 1. The maximum absolute atomic E-state index is 10.8. The molecule has 1 unspecified atom stereocenters. The van der Waals surface area contributed by atoms with E-state index in [9.17, 15) is 4.79 Å². The Balaban J connectivity index is 0.000000371. The third kappa shape index (κ3) is 2.21. The monoisotopic (exact) mass is 161 g/mol. The van der Waals surface area contributed by atoms with Gasteiger partial charge in [0, 0.05) is 18.7 Å². The van der Waals surface area contributed by atoms with Crippen LogP contribution in [-0.2, 0) is 4.79 Å². The van der Waals surface area contributed by atoms with E-state index in [2.05, 4.69) is 0 Å². The molecule has 1 aliphatic heterocycles. The smallest absolute Gasteiger partial charge is 0.235 e. The average molecular weight is 161 g/mol. The van der Waals surface area contributed by atoms with Gasteiger partial charge in [-0.3, -0.25) is 9.10 Å². The Morgan fingerprint density at radius 2 is 2.10 bits per heavy atom. The standard InChI is InChI=1S/C5H9NOS.C2H6/c1-4-3-8-6(2)5(4)7;1-2/h4H,3H2,1-2H3;1-2H3. The maximum Gasteiger partial charge on any atom is 0.235 e. The molecule has 1 aliphatic rings. The van der Waals surface area contributed by atoms with Crippen LogP contribution >= 0.6 is 11.9 Å². The van der Waals surface area contributed by atoms with E-state index in [1.807, 2.05) is 27.8 Å². The molecule has 0 aromatic heterocycles. The number of rotatable bonds is 0. The Morgan fingerprint density at radius 3 is 2.20 bits per heavy atom. The maximum atomic E-state index is 10.8. The van der Waals surface area contributed by atoms with E-state index < -0.39 is 0 Å². The minimum absolute atomic E-state index is 0.241. The van der Waals surface area contributed by atoms with Crippen LogP contribution < -0.4 is 0 Å². The first kappa shape index (κ1) is 9.82. The fourth-order valence-corrected chi connectivity index (χ4v) is 1.57. The molecule has 0 aromatic rings. The van der Waals surface area contributed by atoms with E-state index in [0.717, 1.165) is 5.75 Å². The predicted octanol–water partition coefficient (Wildman–Crippen LogP) is 1.77. The molecule has 0 radical (unpaired) electrons. The molecule has 0 aromatic carbocycles. The van der Waals surface area contributed by atoms with Crippen molar-refractivity contribution < 1.29 is 4.79 Å². The van der Waals surface area contributed by atoms with E-state index in [0.29, 0.717) is 0 Å². The summed E-state index contributed by atoms with van der Waals surface area (Å²) in [5.41, 5.74) is 0. The van der Waals surface area contributed by atoms with Gasteiger partial charge in [0.15, 0.2) is 0 Å². The first-order valence-corrected chi connectivity index (χ1v) is 4.56. The Morgan fingerprint density at radius 1 is 1.60 bits per heavy atom. The quantitative estimate of drug-likeness (QED) is 0.505. The number of amides is 1. The summed E-state index contributed by atoms with van der Waals surface area (Å²) >= 11 is 1.60. The minimum Gasteiger partial charge on any atom is -0.289 e. The molecule has 1 amide bonds. The van der Waals surface area contributed by atoms with Crippen molar-refractivity contribution in [1.82, 2.24) is 4.31 Å². The van der Waals surface area contributed by atoms with Crippen LogP contribution in [0.15, 0.2) is 0 Å². The van der Waals surface area contributed by atoms with Crippen molar-refractivity contribution in [3.8, 4) is 0 Å². The van der Waals surface area contributed by atoms with E-state index in [1.165, 1.54) is 0 Å². The molecule has 1 fully saturated rings. The molecule has 2 nitrogen and oxygen atoms in total. The molecule has 3 heteroatoms. The second-order valence-corrected chi connectivity index (χ2v) is 3.17. The van der Waals surface area contributed by atoms with E-state index >= 15 is 0 Å². The molecular weight excluding hydrogens is 146 g/mol.